The summed E-state index contributed by atoms with van der Waals surface area (Å²) in [5.74, 6) is 0.814. The van der Waals surface area contributed by atoms with E-state index >= 15 is 0 Å². The van der Waals surface area contributed by atoms with Crippen molar-refractivity contribution in [1.82, 2.24) is 14.8 Å². The number of fused-ring (bicyclic) bond motifs is 2. The lowest BCUT2D eigenvalue weighted by Gasteiger charge is -2.23. The average Bonchev–Trinajstić information content (AvgIpc) is 3.45. The summed E-state index contributed by atoms with van der Waals surface area (Å²) in [7, 11) is 3.63. The van der Waals surface area contributed by atoms with Crippen molar-refractivity contribution >= 4 is 22.7 Å². The van der Waals surface area contributed by atoms with Crippen LogP contribution in [0.3, 0.4) is 0 Å². The minimum absolute atomic E-state index is 0.332. The first-order valence-electron chi connectivity index (χ1n) is 14.3. The third-order valence-electron chi connectivity index (χ3n) is 6.77. The Morgan fingerprint density at radius 2 is 1.84 bits per heavy atom. The number of unbranched alkanes of at least 4 members (excludes halogenated alkanes) is 1. The number of carbonyl (C=O) groups is 1. The predicted octanol–water partition coefficient (Wildman–Crippen LogP) is 6.08. The molecule has 1 amide bonds. The fraction of sp³-hybridized carbons (Fsp3) is 0.548. The van der Waals surface area contributed by atoms with Gasteiger partial charge in [0, 0.05) is 73.9 Å². The second-order valence-corrected chi connectivity index (χ2v) is 10.1. The lowest BCUT2D eigenvalue weighted by Crippen LogP contribution is -2.33. The molecule has 1 aliphatic carbocycles. The molecule has 1 aromatic carbocycles. The maximum absolute atomic E-state index is 12.8. The Labute approximate surface area is 228 Å². The summed E-state index contributed by atoms with van der Waals surface area (Å²) in [5.41, 5.74) is 3.78. The van der Waals surface area contributed by atoms with Crippen molar-refractivity contribution in [1.29, 1.82) is 0 Å². The van der Waals surface area contributed by atoms with Crippen LogP contribution in [-0.4, -0.2) is 57.8 Å². The van der Waals surface area contributed by atoms with Crippen molar-refractivity contribution in [3.05, 3.63) is 47.3 Å². The van der Waals surface area contributed by atoms with Gasteiger partial charge in [0.15, 0.2) is 0 Å². The first-order chi connectivity index (χ1) is 18.4. The van der Waals surface area contributed by atoms with Crippen LogP contribution >= 0.6 is 0 Å². The van der Waals surface area contributed by atoms with Gasteiger partial charge in [0.25, 0.3) is 0 Å². The van der Waals surface area contributed by atoms with E-state index in [1.165, 1.54) is 24.6 Å². The predicted molar refractivity (Wildman–Crippen MR) is 158 cm³/mol. The molecule has 208 valence electrons. The maximum atomic E-state index is 12.8. The molecule has 1 saturated heterocycles. The van der Waals surface area contributed by atoms with Crippen LogP contribution in [0, 0.1) is 0 Å². The molecule has 0 aromatic heterocycles. The van der Waals surface area contributed by atoms with Crippen LogP contribution in [0.2, 0.25) is 0 Å². The molecular formula is C31H47N4O3+. The van der Waals surface area contributed by atoms with E-state index in [0.717, 1.165) is 66.0 Å². The highest BCUT2D eigenvalue weighted by Gasteiger charge is 2.25. The number of nitrogens with one attached hydrogen (secondary N) is 2. The number of amides is 1. The monoisotopic (exact) mass is 523 g/mol. The van der Waals surface area contributed by atoms with Gasteiger partial charge in [-0.25, -0.2) is 9.37 Å². The fourth-order valence-corrected chi connectivity index (χ4v) is 4.71. The van der Waals surface area contributed by atoms with Crippen molar-refractivity contribution in [2.75, 3.05) is 52.1 Å². The Kier molecular flexibility index (Phi) is 11.5. The van der Waals surface area contributed by atoms with Crippen molar-refractivity contribution in [3.63, 3.8) is 0 Å². The summed E-state index contributed by atoms with van der Waals surface area (Å²) < 4.78 is 14.8. The minimum atomic E-state index is -0.433. The van der Waals surface area contributed by atoms with E-state index in [1.54, 1.807) is 11.9 Å². The quantitative estimate of drug-likeness (QED) is 0.202. The molecular weight excluding hydrogens is 476 g/mol. The maximum Gasteiger partial charge on any atom is 0.410 e. The van der Waals surface area contributed by atoms with Gasteiger partial charge in [-0.05, 0) is 38.6 Å². The Balaban J connectivity index is 0.00000127. The van der Waals surface area contributed by atoms with Crippen LogP contribution in [0.25, 0.3) is 22.3 Å². The number of likely N-dealkylation sites (N-methyl/N-ethyl adjacent to an activating group) is 2. The topological polar surface area (TPSA) is 69.8 Å². The highest BCUT2D eigenvalue weighted by atomic mass is 16.6. The number of hydrogen-bond acceptors (Lipinski definition) is 5. The fourth-order valence-electron chi connectivity index (χ4n) is 4.71. The minimum Gasteiger partial charge on any atom is -0.456 e. The van der Waals surface area contributed by atoms with E-state index in [9.17, 15) is 4.79 Å². The molecule has 1 atom stereocenters. The zero-order valence-corrected chi connectivity index (χ0v) is 24.2. The Hall–Kier alpha value is -3.06. The Morgan fingerprint density at radius 3 is 2.53 bits per heavy atom. The number of carbonyl (C=O) groups excluding carboxylic acids is 1. The summed E-state index contributed by atoms with van der Waals surface area (Å²) in [6.07, 6.45) is 5.19. The van der Waals surface area contributed by atoms with Crippen molar-refractivity contribution in [2.45, 2.75) is 65.9 Å². The van der Waals surface area contributed by atoms with Gasteiger partial charge in [0.05, 0.1) is 6.07 Å². The van der Waals surface area contributed by atoms with Crippen molar-refractivity contribution in [2.24, 2.45) is 0 Å². The van der Waals surface area contributed by atoms with Gasteiger partial charge in [0.1, 0.15) is 30.5 Å². The normalized spacial score (nSPS) is 13.8. The molecule has 4 rings (SSSR count). The molecule has 2 aliphatic heterocycles. The van der Waals surface area contributed by atoms with E-state index < -0.39 is 6.10 Å². The van der Waals surface area contributed by atoms with Crippen LogP contribution in [0.4, 0.5) is 10.5 Å². The number of hydrogen-bond donors (Lipinski definition) is 2. The highest BCUT2D eigenvalue weighted by Crippen LogP contribution is 2.38. The van der Waals surface area contributed by atoms with Crippen molar-refractivity contribution in [3.8, 4) is 11.3 Å². The summed E-state index contributed by atoms with van der Waals surface area (Å²) >= 11 is 0. The van der Waals surface area contributed by atoms with Crippen LogP contribution in [-0.2, 0) is 4.74 Å². The summed E-state index contributed by atoms with van der Waals surface area (Å²) in [6.45, 7) is 12.7. The van der Waals surface area contributed by atoms with Gasteiger partial charge < -0.3 is 24.7 Å². The third kappa shape index (κ3) is 7.50. The molecule has 0 radical (unpaired) electrons. The highest BCUT2D eigenvalue weighted by molar-refractivity contribution is 5.90. The molecule has 1 aromatic rings. The third-order valence-corrected chi connectivity index (χ3v) is 6.77. The smallest absolute Gasteiger partial charge is 0.410 e. The van der Waals surface area contributed by atoms with Crippen molar-refractivity contribution < 1.29 is 13.9 Å². The number of benzene rings is 2. The summed E-state index contributed by atoms with van der Waals surface area (Å²) in [5, 5.41) is 8.70. The number of anilines is 1. The zero-order valence-electron chi connectivity index (χ0n) is 24.2. The Morgan fingerprint density at radius 1 is 1.11 bits per heavy atom. The second kappa shape index (κ2) is 14.8. The lowest BCUT2D eigenvalue weighted by molar-refractivity contribution is 0.0776. The zero-order chi connectivity index (χ0) is 27.5. The van der Waals surface area contributed by atoms with Crippen LogP contribution in [0.1, 0.15) is 71.5 Å². The summed E-state index contributed by atoms with van der Waals surface area (Å²) in [4.78, 5) is 14.4. The molecule has 1 fully saturated rings. The molecule has 2 N–H and O–H groups in total. The molecule has 0 spiro atoms. The number of nitrogens with zero attached hydrogens (tertiary/aromatic N) is 2. The SMILES string of the molecule is CCC.CCCCNc1ccc2c(C(C)OC(=O)N(C)CCNC)c3ccc(=[N+]4CCCC4)cc-3oc2c1. The van der Waals surface area contributed by atoms with E-state index in [0.29, 0.717) is 13.1 Å². The second-order valence-electron chi connectivity index (χ2n) is 10.1. The van der Waals surface area contributed by atoms with Gasteiger partial charge >= 0.3 is 6.09 Å². The lowest BCUT2D eigenvalue weighted by atomic mass is 9.95. The number of ether oxygens (including phenoxy) is 1. The molecule has 3 aliphatic rings. The Bertz CT molecular complexity index is 1210. The molecule has 2 heterocycles. The van der Waals surface area contributed by atoms with Gasteiger partial charge in [-0.15, -0.1) is 0 Å². The van der Waals surface area contributed by atoms with E-state index in [1.807, 2.05) is 14.0 Å². The first kappa shape index (κ1) is 29.5. The first-order valence-corrected chi connectivity index (χ1v) is 14.3. The molecule has 7 nitrogen and oxygen atoms in total. The molecule has 38 heavy (non-hydrogen) atoms. The number of rotatable bonds is 9. The van der Waals surface area contributed by atoms with Crippen LogP contribution in [0.5, 0.6) is 0 Å². The van der Waals surface area contributed by atoms with E-state index in [-0.39, 0.29) is 6.09 Å². The summed E-state index contributed by atoms with van der Waals surface area (Å²) in [6, 6.07) is 12.6. The molecule has 0 saturated carbocycles. The molecule has 7 heteroatoms. The van der Waals surface area contributed by atoms with E-state index in [4.69, 9.17) is 9.15 Å². The van der Waals surface area contributed by atoms with Crippen LogP contribution in [0.15, 0.2) is 40.8 Å². The van der Waals surface area contributed by atoms with E-state index in [2.05, 4.69) is 72.4 Å². The van der Waals surface area contributed by atoms with Gasteiger partial charge in [-0.2, -0.15) is 0 Å². The molecule has 0 bridgehead atoms. The average molecular weight is 524 g/mol. The van der Waals surface area contributed by atoms with Gasteiger partial charge in [0.2, 0.25) is 5.36 Å². The largest absolute Gasteiger partial charge is 0.456 e. The van der Waals surface area contributed by atoms with Gasteiger partial charge in [-0.3, -0.25) is 0 Å². The standard InChI is InChI=1S/C28H38N4O3.C3H8/c1-5-6-13-30-21-9-11-23-25(18-21)35-26-19-22(32-15-7-8-16-32)10-12-24(26)27(23)20(2)34-28(33)31(4)17-14-29-3;1-3-2/h9-12,18-20,29H,5-8,13-17H2,1-4H3;3H2,1-2H3/p+1. The van der Waals surface area contributed by atoms with Gasteiger partial charge in [-0.1, -0.05) is 33.6 Å². The van der Waals surface area contributed by atoms with Crippen LogP contribution < -0.4 is 20.6 Å². The molecule has 1 unspecified atom stereocenters.